The monoisotopic (exact) mass is 548 g/mol. The van der Waals surface area contributed by atoms with Crippen LogP contribution in [-0.4, -0.2) is 30.1 Å². The van der Waals surface area contributed by atoms with Gasteiger partial charge in [-0.1, -0.05) is 23.8 Å². The second kappa shape index (κ2) is 11.1. The quantitative estimate of drug-likeness (QED) is 0.268. The minimum Gasteiger partial charge on any atom is -0.275 e. The molecular weight excluding hydrogens is 531 g/mol. The number of pyridine rings is 1. The molecule has 1 aromatic carbocycles. The summed E-state index contributed by atoms with van der Waals surface area (Å²) in [6.07, 6.45) is -12.3. The summed E-state index contributed by atoms with van der Waals surface area (Å²) in [5.74, 6) is -2.08. The fraction of sp³-hybridized carbons (Fsp3) is 0.364. The molecule has 198 valence electrons. The summed E-state index contributed by atoms with van der Waals surface area (Å²) in [4.78, 5) is 20.7. The molecule has 0 bridgehead atoms. The molecule has 0 spiro atoms. The SMILES string of the molecule is CON(C)C(=O)C(CCC=Cc1cc(C(F)(F)F)cc(C(F)(F)F)c1)c1cc(C(F)(F)F)ncc1Cl. The van der Waals surface area contributed by atoms with Crippen molar-refractivity contribution in [2.75, 3.05) is 14.2 Å². The highest BCUT2D eigenvalue weighted by Crippen LogP contribution is 2.37. The normalized spacial score (nSPS) is 13.8. The van der Waals surface area contributed by atoms with Crippen LogP contribution in [-0.2, 0) is 28.2 Å². The van der Waals surface area contributed by atoms with Gasteiger partial charge in [0.05, 0.1) is 29.2 Å². The van der Waals surface area contributed by atoms with Crippen molar-refractivity contribution < 1.29 is 49.1 Å². The standard InChI is InChI=1S/C22H18ClF9N2O2/c1-34(36-2)19(35)15(16-10-18(22(30,31)32)33-11-17(16)23)6-4-3-5-12-7-13(20(24,25)26)9-14(8-12)21(27,28)29/h3,5,7-11,15H,4,6H2,1-2H3. The van der Waals surface area contributed by atoms with Crippen molar-refractivity contribution >= 4 is 23.6 Å². The molecule has 4 nitrogen and oxygen atoms in total. The van der Waals surface area contributed by atoms with E-state index in [2.05, 4.69) is 4.98 Å². The van der Waals surface area contributed by atoms with Gasteiger partial charge in [-0.25, -0.2) is 5.06 Å². The summed E-state index contributed by atoms with van der Waals surface area (Å²) in [5, 5.41) is 0.503. The van der Waals surface area contributed by atoms with E-state index in [4.69, 9.17) is 16.4 Å². The van der Waals surface area contributed by atoms with Crippen molar-refractivity contribution in [2.45, 2.75) is 37.3 Å². The van der Waals surface area contributed by atoms with Gasteiger partial charge in [0.1, 0.15) is 5.69 Å². The summed E-state index contributed by atoms with van der Waals surface area (Å²) in [5.41, 5.74) is -4.95. The number of likely N-dealkylation sites (N-methyl/N-ethyl adjacent to an activating group) is 1. The first-order chi connectivity index (χ1) is 16.4. The van der Waals surface area contributed by atoms with Gasteiger partial charge in [-0.3, -0.25) is 14.6 Å². The Morgan fingerprint density at radius 1 is 1.00 bits per heavy atom. The minimum absolute atomic E-state index is 0.0176. The highest BCUT2D eigenvalue weighted by atomic mass is 35.5. The van der Waals surface area contributed by atoms with E-state index in [1.165, 1.54) is 13.1 Å². The van der Waals surface area contributed by atoms with E-state index in [9.17, 15) is 44.3 Å². The number of rotatable bonds is 7. The van der Waals surface area contributed by atoms with Crippen LogP contribution in [0, 0.1) is 0 Å². The molecule has 2 rings (SSSR count). The fourth-order valence-corrected chi connectivity index (χ4v) is 3.39. The number of aromatic nitrogens is 1. The molecule has 1 atom stereocenters. The molecule has 14 heteroatoms. The number of amides is 1. The average molecular weight is 549 g/mol. The molecule has 0 N–H and O–H groups in total. The highest BCUT2D eigenvalue weighted by Gasteiger charge is 2.37. The van der Waals surface area contributed by atoms with Crippen LogP contribution in [0.15, 0.2) is 36.5 Å². The number of alkyl halides is 9. The number of carbonyl (C=O) groups excluding carboxylic acids is 1. The van der Waals surface area contributed by atoms with Gasteiger partial charge in [-0.05, 0) is 48.2 Å². The zero-order valence-corrected chi connectivity index (χ0v) is 19.3. The van der Waals surface area contributed by atoms with E-state index in [0.717, 1.165) is 24.4 Å². The largest absolute Gasteiger partial charge is 0.433 e. The van der Waals surface area contributed by atoms with Crippen LogP contribution in [0.4, 0.5) is 39.5 Å². The van der Waals surface area contributed by atoms with E-state index in [-0.39, 0.29) is 29.5 Å². The molecule has 1 amide bonds. The lowest BCUT2D eigenvalue weighted by Gasteiger charge is -2.23. The van der Waals surface area contributed by atoms with Crippen LogP contribution < -0.4 is 0 Å². The lowest BCUT2D eigenvalue weighted by atomic mass is 9.92. The summed E-state index contributed by atoms with van der Waals surface area (Å²) in [6, 6.07) is 1.61. The smallest absolute Gasteiger partial charge is 0.275 e. The van der Waals surface area contributed by atoms with Crippen molar-refractivity contribution in [3.05, 3.63) is 69.5 Å². The van der Waals surface area contributed by atoms with Crippen LogP contribution in [0.2, 0.25) is 5.02 Å². The second-order valence-corrected chi connectivity index (χ2v) is 7.89. The number of halogens is 10. The van der Waals surface area contributed by atoms with Crippen LogP contribution in [0.25, 0.3) is 6.08 Å². The third kappa shape index (κ3) is 7.60. The van der Waals surface area contributed by atoms with Crippen LogP contribution >= 0.6 is 11.6 Å². The number of hydrogen-bond acceptors (Lipinski definition) is 3. The summed E-state index contributed by atoms with van der Waals surface area (Å²) >= 11 is 5.99. The predicted molar refractivity (Wildman–Crippen MR) is 111 cm³/mol. The molecule has 0 fully saturated rings. The molecular formula is C22H18ClF9N2O2. The number of benzene rings is 1. The number of allylic oxidation sites excluding steroid dienone is 1. The van der Waals surface area contributed by atoms with E-state index in [0.29, 0.717) is 18.2 Å². The van der Waals surface area contributed by atoms with Crippen molar-refractivity contribution in [3.8, 4) is 0 Å². The predicted octanol–water partition coefficient (Wildman–Crippen LogP) is 7.39. The van der Waals surface area contributed by atoms with Gasteiger partial charge < -0.3 is 0 Å². The average Bonchev–Trinajstić information content (AvgIpc) is 2.76. The lowest BCUT2D eigenvalue weighted by Crippen LogP contribution is -2.31. The zero-order valence-electron chi connectivity index (χ0n) is 18.5. The molecule has 1 aromatic heterocycles. The van der Waals surface area contributed by atoms with Crippen molar-refractivity contribution in [3.63, 3.8) is 0 Å². The molecule has 0 aliphatic rings. The Labute approximate surface area is 204 Å². The number of carbonyl (C=O) groups is 1. The first-order valence-corrected chi connectivity index (χ1v) is 10.3. The van der Waals surface area contributed by atoms with E-state index in [1.807, 2.05) is 0 Å². The van der Waals surface area contributed by atoms with Gasteiger partial charge in [0.15, 0.2) is 0 Å². The van der Waals surface area contributed by atoms with Gasteiger partial charge in [0.2, 0.25) is 0 Å². The maximum absolute atomic E-state index is 13.1. The Balaban J connectivity index is 2.37. The van der Waals surface area contributed by atoms with Gasteiger partial charge in [-0.2, -0.15) is 39.5 Å². The maximum atomic E-state index is 13.1. The molecule has 0 aliphatic carbocycles. The van der Waals surface area contributed by atoms with E-state index in [1.54, 1.807) is 0 Å². The third-order valence-corrected chi connectivity index (χ3v) is 5.29. The first kappa shape index (κ1) is 29.4. The third-order valence-electron chi connectivity index (χ3n) is 4.98. The Morgan fingerprint density at radius 3 is 2.03 bits per heavy atom. The van der Waals surface area contributed by atoms with Gasteiger partial charge in [0.25, 0.3) is 5.91 Å². The molecule has 1 heterocycles. The zero-order chi connectivity index (χ0) is 27.5. The Hall–Kier alpha value is -2.80. The molecule has 0 saturated carbocycles. The van der Waals surface area contributed by atoms with E-state index < -0.39 is 52.7 Å². The molecule has 0 saturated heterocycles. The van der Waals surface area contributed by atoms with Crippen molar-refractivity contribution in [2.24, 2.45) is 0 Å². The van der Waals surface area contributed by atoms with Gasteiger partial charge in [0, 0.05) is 13.2 Å². The van der Waals surface area contributed by atoms with Crippen molar-refractivity contribution in [1.29, 1.82) is 0 Å². The summed E-state index contributed by atoms with van der Waals surface area (Å²) in [7, 11) is 2.34. The van der Waals surface area contributed by atoms with Crippen LogP contribution in [0.3, 0.4) is 0 Å². The molecule has 1 unspecified atom stereocenters. The number of hydroxylamine groups is 2. The Morgan fingerprint density at radius 2 is 1.56 bits per heavy atom. The summed E-state index contributed by atoms with van der Waals surface area (Å²) < 4.78 is 118. The van der Waals surface area contributed by atoms with Crippen molar-refractivity contribution in [1.82, 2.24) is 10.0 Å². The molecule has 0 aliphatic heterocycles. The molecule has 2 aromatic rings. The molecule has 0 radical (unpaired) electrons. The van der Waals surface area contributed by atoms with Crippen LogP contribution in [0.1, 0.15) is 46.7 Å². The Kier molecular flexibility index (Phi) is 9.05. The topological polar surface area (TPSA) is 42.4 Å². The van der Waals surface area contributed by atoms with Gasteiger partial charge in [-0.15, -0.1) is 0 Å². The minimum atomic E-state index is -5.03. The number of nitrogens with zero attached hydrogens (tertiary/aromatic N) is 2. The molecule has 36 heavy (non-hydrogen) atoms. The maximum Gasteiger partial charge on any atom is 0.433 e. The van der Waals surface area contributed by atoms with Gasteiger partial charge >= 0.3 is 18.5 Å². The number of hydrogen-bond donors (Lipinski definition) is 0. The second-order valence-electron chi connectivity index (χ2n) is 7.48. The first-order valence-electron chi connectivity index (χ1n) is 9.95. The van der Waals surface area contributed by atoms with E-state index >= 15 is 0 Å². The highest BCUT2D eigenvalue weighted by molar-refractivity contribution is 6.31. The summed E-state index contributed by atoms with van der Waals surface area (Å²) in [6.45, 7) is 0. The van der Waals surface area contributed by atoms with Crippen LogP contribution in [0.5, 0.6) is 0 Å². The lowest BCUT2D eigenvalue weighted by molar-refractivity contribution is -0.170. The Bertz CT molecular complexity index is 1080. The fourth-order valence-electron chi connectivity index (χ4n) is 3.16.